The smallest absolute Gasteiger partial charge is 0.293 e. The summed E-state index contributed by atoms with van der Waals surface area (Å²) >= 11 is 0. The van der Waals surface area contributed by atoms with Crippen molar-refractivity contribution in [3.05, 3.63) is 76.3 Å². The number of hydrogen-bond acceptors (Lipinski definition) is 4. The van der Waals surface area contributed by atoms with Gasteiger partial charge in [-0.3, -0.25) is 14.9 Å². The SMILES string of the molecule is Cc1ccc(NC(=O)COc2ccc3ccccc3c2)c([N+](=O)[O-])c1. The van der Waals surface area contributed by atoms with Crippen LogP contribution >= 0.6 is 0 Å². The second-order valence-corrected chi connectivity index (χ2v) is 5.62. The molecule has 6 nitrogen and oxygen atoms in total. The number of benzene rings is 3. The van der Waals surface area contributed by atoms with E-state index in [1.807, 2.05) is 36.4 Å². The second-order valence-electron chi connectivity index (χ2n) is 5.62. The number of hydrogen-bond donors (Lipinski definition) is 1. The van der Waals surface area contributed by atoms with Crippen LogP contribution in [0.2, 0.25) is 0 Å². The predicted octanol–water partition coefficient (Wildman–Crippen LogP) is 4.07. The number of nitro benzene ring substituents is 1. The number of rotatable bonds is 5. The average Bonchev–Trinajstić information content (AvgIpc) is 2.61. The van der Waals surface area contributed by atoms with Crippen LogP contribution in [0.15, 0.2) is 60.7 Å². The number of aryl methyl sites for hydroxylation is 1. The molecule has 0 saturated heterocycles. The lowest BCUT2D eigenvalue weighted by Gasteiger charge is -2.09. The molecule has 0 aliphatic rings. The lowest BCUT2D eigenvalue weighted by atomic mass is 10.1. The Labute approximate surface area is 144 Å². The van der Waals surface area contributed by atoms with Crippen LogP contribution < -0.4 is 10.1 Å². The van der Waals surface area contributed by atoms with Crippen molar-refractivity contribution in [2.75, 3.05) is 11.9 Å². The van der Waals surface area contributed by atoms with E-state index in [1.54, 1.807) is 19.1 Å². The summed E-state index contributed by atoms with van der Waals surface area (Å²) in [6.45, 7) is 1.52. The molecule has 0 aliphatic carbocycles. The van der Waals surface area contributed by atoms with Crippen molar-refractivity contribution in [2.45, 2.75) is 6.92 Å². The Balaban J connectivity index is 1.67. The maximum absolute atomic E-state index is 12.1. The van der Waals surface area contributed by atoms with Crippen LogP contribution in [0.5, 0.6) is 5.75 Å². The minimum absolute atomic E-state index is 0.140. The van der Waals surface area contributed by atoms with E-state index >= 15 is 0 Å². The van der Waals surface area contributed by atoms with E-state index < -0.39 is 10.8 Å². The quantitative estimate of drug-likeness (QED) is 0.562. The molecule has 0 fully saturated rings. The lowest BCUT2D eigenvalue weighted by molar-refractivity contribution is -0.384. The highest BCUT2D eigenvalue weighted by atomic mass is 16.6. The molecule has 0 unspecified atom stereocenters. The van der Waals surface area contributed by atoms with Crippen molar-refractivity contribution in [3.8, 4) is 5.75 Å². The third kappa shape index (κ3) is 3.92. The molecular formula is C19H16N2O4. The third-order valence-electron chi connectivity index (χ3n) is 3.71. The molecule has 25 heavy (non-hydrogen) atoms. The Morgan fingerprint density at radius 2 is 1.84 bits per heavy atom. The average molecular weight is 336 g/mol. The first-order valence-electron chi connectivity index (χ1n) is 7.69. The van der Waals surface area contributed by atoms with Gasteiger partial charge < -0.3 is 10.1 Å². The van der Waals surface area contributed by atoms with E-state index in [0.29, 0.717) is 5.75 Å². The van der Waals surface area contributed by atoms with E-state index in [-0.39, 0.29) is 18.0 Å². The predicted molar refractivity (Wildman–Crippen MR) is 95.9 cm³/mol. The molecule has 0 atom stereocenters. The molecular weight excluding hydrogens is 320 g/mol. The molecule has 0 radical (unpaired) electrons. The first-order valence-corrected chi connectivity index (χ1v) is 7.69. The Morgan fingerprint density at radius 1 is 1.08 bits per heavy atom. The Bertz CT molecular complexity index is 953. The van der Waals surface area contributed by atoms with E-state index in [0.717, 1.165) is 16.3 Å². The molecule has 0 saturated carbocycles. The Morgan fingerprint density at radius 3 is 2.60 bits per heavy atom. The highest BCUT2D eigenvalue weighted by Gasteiger charge is 2.16. The van der Waals surface area contributed by atoms with Crippen LogP contribution in [0.4, 0.5) is 11.4 Å². The van der Waals surface area contributed by atoms with Gasteiger partial charge in [0.15, 0.2) is 6.61 Å². The van der Waals surface area contributed by atoms with Gasteiger partial charge in [0.1, 0.15) is 11.4 Å². The third-order valence-corrected chi connectivity index (χ3v) is 3.71. The minimum atomic E-state index is -0.521. The van der Waals surface area contributed by atoms with E-state index in [4.69, 9.17) is 4.74 Å². The van der Waals surface area contributed by atoms with Crippen molar-refractivity contribution < 1.29 is 14.5 Å². The topological polar surface area (TPSA) is 81.5 Å². The Kier molecular flexibility index (Phi) is 4.61. The van der Waals surface area contributed by atoms with Crippen LogP contribution in [0.25, 0.3) is 10.8 Å². The summed E-state index contributed by atoms with van der Waals surface area (Å²) in [6.07, 6.45) is 0. The lowest BCUT2D eigenvalue weighted by Crippen LogP contribution is -2.20. The van der Waals surface area contributed by atoms with Crippen molar-refractivity contribution in [3.63, 3.8) is 0 Å². The molecule has 0 spiro atoms. The molecule has 126 valence electrons. The van der Waals surface area contributed by atoms with Crippen LogP contribution in [-0.4, -0.2) is 17.4 Å². The van der Waals surface area contributed by atoms with Crippen molar-refractivity contribution in [2.24, 2.45) is 0 Å². The molecule has 3 aromatic rings. The molecule has 6 heteroatoms. The van der Waals surface area contributed by atoms with Crippen molar-refractivity contribution in [1.82, 2.24) is 0 Å². The molecule has 3 aromatic carbocycles. The Hall–Kier alpha value is -3.41. The summed E-state index contributed by atoms with van der Waals surface area (Å²) in [6, 6.07) is 18.0. The number of ether oxygens (including phenoxy) is 1. The monoisotopic (exact) mass is 336 g/mol. The molecule has 1 N–H and O–H groups in total. The molecule has 3 rings (SSSR count). The summed E-state index contributed by atoms with van der Waals surface area (Å²) in [4.78, 5) is 22.6. The summed E-state index contributed by atoms with van der Waals surface area (Å²) in [5, 5.41) is 15.7. The van der Waals surface area contributed by atoms with Gasteiger partial charge in [0.05, 0.1) is 4.92 Å². The fourth-order valence-electron chi connectivity index (χ4n) is 2.49. The fraction of sp³-hybridized carbons (Fsp3) is 0.105. The second kappa shape index (κ2) is 7.00. The molecule has 0 aliphatic heterocycles. The van der Waals surface area contributed by atoms with Gasteiger partial charge in [0.2, 0.25) is 0 Å². The highest BCUT2D eigenvalue weighted by molar-refractivity contribution is 5.94. The summed E-state index contributed by atoms with van der Waals surface area (Å²) < 4.78 is 5.49. The van der Waals surface area contributed by atoms with Gasteiger partial charge in [-0.05, 0) is 41.5 Å². The zero-order valence-corrected chi connectivity index (χ0v) is 13.6. The normalized spacial score (nSPS) is 10.4. The summed E-state index contributed by atoms with van der Waals surface area (Å²) in [7, 11) is 0. The number of carbonyl (C=O) groups excluding carboxylic acids is 1. The van der Waals surface area contributed by atoms with E-state index in [1.165, 1.54) is 12.1 Å². The van der Waals surface area contributed by atoms with E-state index in [9.17, 15) is 14.9 Å². The maximum Gasteiger partial charge on any atom is 0.293 e. The molecule has 0 aromatic heterocycles. The van der Waals surface area contributed by atoms with Crippen molar-refractivity contribution in [1.29, 1.82) is 0 Å². The van der Waals surface area contributed by atoms with Crippen LogP contribution in [-0.2, 0) is 4.79 Å². The number of nitrogens with one attached hydrogen (secondary N) is 1. The minimum Gasteiger partial charge on any atom is -0.484 e. The maximum atomic E-state index is 12.1. The van der Waals surface area contributed by atoms with Crippen LogP contribution in [0.3, 0.4) is 0 Å². The van der Waals surface area contributed by atoms with Gasteiger partial charge in [0, 0.05) is 6.07 Å². The number of amides is 1. The number of carbonyl (C=O) groups is 1. The first kappa shape index (κ1) is 16.4. The van der Waals surface area contributed by atoms with Gasteiger partial charge >= 0.3 is 0 Å². The molecule has 0 heterocycles. The van der Waals surface area contributed by atoms with Gasteiger partial charge in [0.25, 0.3) is 11.6 Å². The van der Waals surface area contributed by atoms with Gasteiger partial charge in [-0.25, -0.2) is 0 Å². The van der Waals surface area contributed by atoms with Gasteiger partial charge in [-0.1, -0.05) is 36.4 Å². The van der Waals surface area contributed by atoms with Gasteiger partial charge in [-0.15, -0.1) is 0 Å². The zero-order chi connectivity index (χ0) is 17.8. The summed E-state index contributed by atoms with van der Waals surface area (Å²) in [5.41, 5.74) is 0.763. The van der Waals surface area contributed by atoms with Gasteiger partial charge in [-0.2, -0.15) is 0 Å². The van der Waals surface area contributed by atoms with Crippen LogP contribution in [0.1, 0.15) is 5.56 Å². The van der Waals surface area contributed by atoms with Crippen molar-refractivity contribution >= 4 is 28.1 Å². The number of fused-ring (bicyclic) bond motifs is 1. The first-order chi connectivity index (χ1) is 12.0. The molecule has 0 bridgehead atoms. The molecule has 1 amide bonds. The number of nitro groups is 1. The number of nitrogens with zero attached hydrogens (tertiary/aromatic N) is 1. The highest BCUT2D eigenvalue weighted by Crippen LogP contribution is 2.25. The fourth-order valence-corrected chi connectivity index (χ4v) is 2.49. The largest absolute Gasteiger partial charge is 0.484 e. The zero-order valence-electron chi connectivity index (χ0n) is 13.6. The number of anilines is 1. The standard InChI is InChI=1S/C19H16N2O4/c1-13-6-9-17(18(10-13)21(23)24)20-19(22)12-25-16-8-7-14-4-2-3-5-15(14)11-16/h2-11H,12H2,1H3,(H,20,22). The summed E-state index contributed by atoms with van der Waals surface area (Å²) in [5.74, 6) is 0.104. The van der Waals surface area contributed by atoms with Crippen LogP contribution in [0, 0.1) is 17.0 Å². The van der Waals surface area contributed by atoms with E-state index in [2.05, 4.69) is 5.32 Å².